The summed E-state index contributed by atoms with van der Waals surface area (Å²) in [6.45, 7) is 7.19. The van der Waals surface area contributed by atoms with Crippen molar-refractivity contribution >= 4 is 21.6 Å². The SMILES string of the molecule is CCC(O)(CC)CCN1CCC(c2nsc3cc(F)ccc23)CC1. The van der Waals surface area contributed by atoms with E-state index in [1.807, 2.05) is 6.07 Å². The second kappa shape index (κ2) is 7.46. The molecule has 0 atom stereocenters. The summed E-state index contributed by atoms with van der Waals surface area (Å²) in [6, 6.07) is 4.99. The number of hydrogen-bond acceptors (Lipinski definition) is 4. The molecule has 24 heavy (non-hydrogen) atoms. The quantitative estimate of drug-likeness (QED) is 0.830. The van der Waals surface area contributed by atoms with Gasteiger partial charge in [0, 0.05) is 17.8 Å². The largest absolute Gasteiger partial charge is 0.390 e. The van der Waals surface area contributed by atoms with Gasteiger partial charge < -0.3 is 10.0 Å². The molecule has 0 aliphatic carbocycles. The highest BCUT2D eigenvalue weighted by atomic mass is 32.1. The Morgan fingerprint density at radius 2 is 2.00 bits per heavy atom. The molecule has 132 valence electrons. The van der Waals surface area contributed by atoms with Crippen LogP contribution < -0.4 is 0 Å². The van der Waals surface area contributed by atoms with Gasteiger partial charge in [0.15, 0.2) is 0 Å². The summed E-state index contributed by atoms with van der Waals surface area (Å²) in [7, 11) is 0. The molecule has 0 spiro atoms. The fourth-order valence-corrected chi connectivity index (χ4v) is 4.51. The zero-order valence-electron chi connectivity index (χ0n) is 14.6. The van der Waals surface area contributed by atoms with E-state index in [1.54, 1.807) is 6.07 Å². The topological polar surface area (TPSA) is 36.4 Å². The Morgan fingerprint density at radius 1 is 1.29 bits per heavy atom. The molecule has 1 aromatic heterocycles. The minimum Gasteiger partial charge on any atom is -0.390 e. The Labute approximate surface area is 147 Å². The molecule has 3 nitrogen and oxygen atoms in total. The average Bonchev–Trinajstić information content (AvgIpc) is 3.03. The van der Waals surface area contributed by atoms with Crippen LogP contribution in [0.3, 0.4) is 0 Å². The van der Waals surface area contributed by atoms with E-state index in [0.29, 0.717) is 5.92 Å². The van der Waals surface area contributed by atoms with E-state index in [1.165, 1.54) is 17.6 Å². The fourth-order valence-electron chi connectivity index (χ4n) is 3.63. The van der Waals surface area contributed by atoms with Crippen LogP contribution >= 0.6 is 11.5 Å². The van der Waals surface area contributed by atoms with Crippen LogP contribution in [0.2, 0.25) is 0 Å². The van der Waals surface area contributed by atoms with Crippen LogP contribution in [0.1, 0.15) is 57.6 Å². The molecule has 5 heteroatoms. The number of halogens is 1. The van der Waals surface area contributed by atoms with Gasteiger partial charge in [-0.1, -0.05) is 13.8 Å². The van der Waals surface area contributed by atoms with Gasteiger partial charge >= 0.3 is 0 Å². The molecule has 1 fully saturated rings. The maximum atomic E-state index is 13.3. The van der Waals surface area contributed by atoms with Gasteiger partial charge in [-0.2, -0.15) is 4.37 Å². The van der Waals surface area contributed by atoms with Crippen molar-refractivity contribution in [1.82, 2.24) is 9.27 Å². The predicted molar refractivity (Wildman–Crippen MR) is 98.1 cm³/mol. The number of rotatable bonds is 6. The van der Waals surface area contributed by atoms with Crippen molar-refractivity contribution in [1.29, 1.82) is 0 Å². The van der Waals surface area contributed by atoms with Crippen LogP contribution in [0.25, 0.3) is 10.1 Å². The second-order valence-electron chi connectivity index (χ2n) is 7.01. The van der Waals surface area contributed by atoms with E-state index in [0.717, 1.165) is 67.5 Å². The summed E-state index contributed by atoms with van der Waals surface area (Å²) < 4.78 is 18.9. The van der Waals surface area contributed by atoms with Gasteiger partial charge in [-0.15, -0.1) is 0 Å². The lowest BCUT2D eigenvalue weighted by molar-refractivity contribution is 0.0118. The third kappa shape index (κ3) is 3.79. The number of likely N-dealkylation sites (tertiary alicyclic amines) is 1. The van der Waals surface area contributed by atoms with Crippen LogP contribution in [0.15, 0.2) is 18.2 Å². The van der Waals surface area contributed by atoms with Crippen molar-refractivity contribution in [3.05, 3.63) is 29.7 Å². The van der Waals surface area contributed by atoms with E-state index in [9.17, 15) is 9.50 Å². The number of aliphatic hydroxyl groups is 1. The van der Waals surface area contributed by atoms with Crippen molar-refractivity contribution in [3.8, 4) is 0 Å². The van der Waals surface area contributed by atoms with Gasteiger partial charge in [0.1, 0.15) is 5.82 Å². The third-order valence-corrected chi connectivity index (χ3v) is 6.47. The summed E-state index contributed by atoms with van der Waals surface area (Å²) in [5, 5.41) is 11.6. The molecule has 1 aliphatic rings. The normalized spacial score (nSPS) is 17.7. The van der Waals surface area contributed by atoms with Crippen LogP contribution in [-0.4, -0.2) is 39.6 Å². The maximum absolute atomic E-state index is 13.3. The Balaban J connectivity index is 1.58. The Hall–Kier alpha value is -1.04. The smallest absolute Gasteiger partial charge is 0.124 e. The van der Waals surface area contributed by atoms with Gasteiger partial charge in [0.25, 0.3) is 0 Å². The molecule has 1 aromatic carbocycles. The van der Waals surface area contributed by atoms with Crippen molar-refractivity contribution in [2.24, 2.45) is 0 Å². The van der Waals surface area contributed by atoms with Crippen LogP contribution in [0, 0.1) is 5.82 Å². The first-order valence-corrected chi connectivity index (χ1v) is 9.81. The summed E-state index contributed by atoms with van der Waals surface area (Å²) in [6.07, 6.45) is 4.67. The molecule has 1 saturated heterocycles. The fraction of sp³-hybridized carbons (Fsp3) is 0.632. The molecular weight excluding hydrogens is 323 g/mol. The first-order valence-electron chi connectivity index (χ1n) is 9.04. The minimum absolute atomic E-state index is 0.188. The van der Waals surface area contributed by atoms with E-state index < -0.39 is 5.60 Å². The van der Waals surface area contributed by atoms with Crippen molar-refractivity contribution in [3.63, 3.8) is 0 Å². The van der Waals surface area contributed by atoms with E-state index in [-0.39, 0.29) is 5.82 Å². The van der Waals surface area contributed by atoms with E-state index >= 15 is 0 Å². The lowest BCUT2D eigenvalue weighted by atomic mass is 9.90. The number of nitrogens with zero attached hydrogens (tertiary/aromatic N) is 2. The molecule has 2 aromatic rings. The molecule has 1 aliphatic heterocycles. The maximum Gasteiger partial charge on any atom is 0.124 e. The molecule has 3 rings (SSSR count). The molecule has 0 bridgehead atoms. The van der Waals surface area contributed by atoms with Gasteiger partial charge in [-0.05, 0) is 74.9 Å². The van der Waals surface area contributed by atoms with Gasteiger partial charge in [0.05, 0.1) is 16.0 Å². The van der Waals surface area contributed by atoms with Crippen LogP contribution in [-0.2, 0) is 0 Å². The van der Waals surface area contributed by atoms with Crippen LogP contribution in [0.5, 0.6) is 0 Å². The van der Waals surface area contributed by atoms with Crippen molar-refractivity contribution in [2.75, 3.05) is 19.6 Å². The third-order valence-electron chi connectivity index (χ3n) is 5.65. The first kappa shape index (κ1) is 17.8. The summed E-state index contributed by atoms with van der Waals surface area (Å²) in [5.41, 5.74) is 0.639. The van der Waals surface area contributed by atoms with Crippen molar-refractivity contribution in [2.45, 2.75) is 57.5 Å². The molecular formula is C19H27FN2OS. The minimum atomic E-state index is -0.508. The zero-order chi connectivity index (χ0) is 17.2. The standard InChI is InChI=1S/C19H27FN2OS/c1-3-19(23,4-2)9-12-22-10-7-14(8-11-22)18-16-6-5-15(20)13-17(16)24-21-18/h5-6,13-14,23H,3-4,7-12H2,1-2H3. The molecule has 0 saturated carbocycles. The van der Waals surface area contributed by atoms with E-state index in [2.05, 4.69) is 23.1 Å². The molecule has 0 radical (unpaired) electrons. The van der Waals surface area contributed by atoms with Crippen LogP contribution in [0.4, 0.5) is 4.39 Å². The van der Waals surface area contributed by atoms with Gasteiger partial charge in [0.2, 0.25) is 0 Å². The van der Waals surface area contributed by atoms with Gasteiger partial charge in [-0.3, -0.25) is 0 Å². The highest BCUT2D eigenvalue weighted by Crippen LogP contribution is 2.35. The Bertz CT molecular complexity index is 675. The number of aromatic nitrogens is 1. The molecule has 0 unspecified atom stereocenters. The highest BCUT2D eigenvalue weighted by Gasteiger charge is 2.27. The molecule has 2 heterocycles. The second-order valence-corrected chi connectivity index (χ2v) is 7.81. The lowest BCUT2D eigenvalue weighted by Gasteiger charge is -2.34. The van der Waals surface area contributed by atoms with Crippen molar-refractivity contribution < 1.29 is 9.50 Å². The summed E-state index contributed by atoms with van der Waals surface area (Å²) >= 11 is 1.41. The molecule has 1 N–H and O–H groups in total. The average molecular weight is 351 g/mol. The number of piperidine rings is 1. The predicted octanol–water partition coefficient (Wildman–Crippen LogP) is 4.56. The molecule has 0 amide bonds. The van der Waals surface area contributed by atoms with Gasteiger partial charge in [-0.25, -0.2) is 4.39 Å². The monoisotopic (exact) mass is 350 g/mol. The summed E-state index contributed by atoms with van der Waals surface area (Å²) in [5.74, 6) is 0.281. The number of hydrogen-bond donors (Lipinski definition) is 1. The lowest BCUT2D eigenvalue weighted by Crippen LogP contribution is -2.38. The summed E-state index contributed by atoms with van der Waals surface area (Å²) in [4.78, 5) is 2.46. The Morgan fingerprint density at radius 3 is 2.67 bits per heavy atom. The number of benzene rings is 1. The highest BCUT2D eigenvalue weighted by molar-refractivity contribution is 7.13. The van der Waals surface area contributed by atoms with E-state index in [4.69, 9.17) is 0 Å². The zero-order valence-corrected chi connectivity index (χ0v) is 15.4. The number of fused-ring (bicyclic) bond motifs is 1. The first-order chi connectivity index (χ1) is 11.5. The Kier molecular flexibility index (Phi) is 5.52.